The number of nitrogens with one attached hydrogen (secondary N) is 2. The minimum absolute atomic E-state index is 0.467. The van der Waals surface area contributed by atoms with E-state index in [4.69, 9.17) is 4.74 Å². The predicted octanol–water partition coefficient (Wildman–Crippen LogP) is 2.06. The third-order valence-corrected chi connectivity index (χ3v) is 3.24. The van der Waals surface area contributed by atoms with Crippen LogP contribution in [-0.2, 0) is 11.2 Å². The van der Waals surface area contributed by atoms with E-state index in [0.717, 1.165) is 50.5 Å². The molecule has 0 amide bonds. The second-order valence-electron chi connectivity index (χ2n) is 4.58. The van der Waals surface area contributed by atoms with E-state index in [0.29, 0.717) is 6.04 Å². The Hall–Kier alpha value is -1.36. The average molecular weight is 250 g/mol. The molecule has 0 spiro atoms. The van der Waals surface area contributed by atoms with Gasteiger partial charge in [0, 0.05) is 31.9 Å². The first-order chi connectivity index (χ1) is 8.85. The lowest BCUT2D eigenvalue weighted by Gasteiger charge is -2.25. The zero-order valence-electron chi connectivity index (χ0n) is 11.2. The summed E-state index contributed by atoms with van der Waals surface area (Å²) in [5, 5.41) is 6.68. The molecule has 2 N–H and O–H groups in total. The molecule has 5 nitrogen and oxygen atoms in total. The summed E-state index contributed by atoms with van der Waals surface area (Å²) in [4.78, 5) is 8.68. The van der Waals surface area contributed by atoms with Gasteiger partial charge >= 0.3 is 0 Å². The van der Waals surface area contributed by atoms with Crippen molar-refractivity contribution in [1.29, 1.82) is 0 Å². The molecule has 5 heteroatoms. The van der Waals surface area contributed by atoms with Gasteiger partial charge in [0.25, 0.3) is 0 Å². The molecule has 1 fully saturated rings. The molecule has 0 aromatic carbocycles. The Labute approximate surface area is 108 Å². The minimum Gasteiger partial charge on any atom is -0.381 e. The fourth-order valence-corrected chi connectivity index (χ4v) is 2.27. The summed E-state index contributed by atoms with van der Waals surface area (Å²) in [7, 11) is 1.90. The normalized spacial score (nSPS) is 16.6. The highest BCUT2D eigenvalue weighted by molar-refractivity contribution is 5.57. The van der Waals surface area contributed by atoms with Gasteiger partial charge in [0.15, 0.2) is 0 Å². The van der Waals surface area contributed by atoms with Gasteiger partial charge in [-0.1, -0.05) is 13.3 Å². The molecule has 2 heterocycles. The van der Waals surface area contributed by atoms with Crippen LogP contribution < -0.4 is 10.6 Å². The van der Waals surface area contributed by atoms with Crippen LogP contribution in [0.5, 0.6) is 0 Å². The fourth-order valence-electron chi connectivity index (χ4n) is 2.27. The highest BCUT2D eigenvalue weighted by Crippen LogP contribution is 2.23. The van der Waals surface area contributed by atoms with Gasteiger partial charge in [-0.2, -0.15) is 0 Å². The molecule has 0 unspecified atom stereocenters. The molecule has 18 heavy (non-hydrogen) atoms. The van der Waals surface area contributed by atoms with Crippen LogP contribution in [0.2, 0.25) is 0 Å². The van der Waals surface area contributed by atoms with Gasteiger partial charge in [0.1, 0.15) is 18.0 Å². The lowest BCUT2D eigenvalue weighted by atomic mass is 10.1. The summed E-state index contributed by atoms with van der Waals surface area (Å²) in [5.74, 6) is 1.91. The lowest BCUT2D eigenvalue weighted by molar-refractivity contribution is 0.0903. The van der Waals surface area contributed by atoms with Crippen molar-refractivity contribution >= 4 is 11.6 Å². The van der Waals surface area contributed by atoms with E-state index >= 15 is 0 Å². The van der Waals surface area contributed by atoms with Crippen LogP contribution >= 0.6 is 0 Å². The van der Waals surface area contributed by atoms with Crippen molar-refractivity contribution in [2.45, 2.75) is 38.6 Å². The van der Waals surface area contributed by atoms with E-state index in [1.165, 1.54) is 5.56 Å². The number of rotatable bonds is 5. The summed E-state index contributed by atoms with van der Waals surface area (Å²) in [6.07, 6.45) is 5.79. The third-order valence-electron chi connectivity index (χ3n) is 3.24. The van der Waals surface area contributed by atoms with E-state index in [-0.39, 0.29) is 0 Å². The number of aromatic nitrogens is 2. The Bertz CT molecular complexity index is 377. The molecule has 0 aliphatic carbocycles. The second-order valence-corrected chi connectivity index (χ2v) is 4.58. The topological polar surface area (TPSA) is 59.1 Å². The molecule has 0 radical (unpaired) electrons. The molecule has 1 aliphatic heterocycles. The van der Waals surface area contributed by atoms with Gasteiger partial charge < -0.3 is 15.4 Å². The zero-order valence-corrected chi connectivity index (χ0v) is 11.2. The summed E-state index contributed by atoms with van der Waals surface area (Å²) < 4.78 is 5.37. The lowest BCUT2D eigenvalue weighted by Crippen LogP contribution is -2.29. The van der Waals surface area contributed by atoms with E-state index < -0.39 is 0 Å². The van der Waals surface area contributed by atoms with Gasteiger partial charge in [-0.05, 0) is 19.3 Å². The molecule has 1 aromatic heterocycles. The fraction of sp³-hybridized carbons (Fsp3) is 0.692. The first kappa shape index (κ1) is 13.1. The summed E-state index contributed by atoms with van der Waals surface area (Å²) in [6, 6.07) is 0.467. The van der Waals surface area contributed by atoms with Crippen molar-refractivity contribution in [3.8, 4) is 0 Å². The van der Waals surface area contributed by atoms with Crippen molar-refractivity contribution in [1.82, 2.24) is 9.97 Å². The third kappa shape index (κ3) is 3.10. The maximum absolute atomic E-state index is 5.37. The van der Waals surface area contributed by atoms with Gasteiger partial charge in [0.2, 0.25) is 0 Å². The Morgan fingerprint density at radius 1 is 1.28 bits per heavy atom. The Kier molecular flexibility index (Phi) is 4.75. The van der Waals surface area contributed by atoms with Gasteiger partial charge in [-0.15, -0.1) is 0 Å². The molecule has 1 saturated heterocycles. The minimum atomic E-state index is 0.467. The molecule has 0 saturated carbocycles. The SMILES string of the molecule is CCCc1c(NC)ncnc1NC1CCOCC1. The highest BCUT2D eigenvalue weighted by Gasteiger charge is 2.17. The Morgan fingerprint density at radius 3 is 2.67 bits per heavy atom. The number of anilines is 2. The van der Waals surface area contributed by atoms with Crippen molar-refractivity contribution in [3.63, 3.8) is 0 Å². The van der Waals surface area contributed by atoms with E-state index in [1.54, 1.807) is 6.33 Å². The number of hydrogen-bond acceptors (Lipinski definition) is 5. The summed E-state index contributed by atoms with van der Waals surface area (Å²) in [6.45, 7) is 3.85. The standard InChI is InChI=1S/C13H22N4O/c1-3-4-11-12(14-2)15-9-16-13(11)17-10-5-7-18-8-6-10/h9-10H,3-8H2,1-2H3,(H2,14,15,16,17). The van der Waals surface area contributed by atoms with Crippen molar-refractivity contribution < 1.29 is 4.74 Å². The van der Waals surface area contributed by atoms with Crippen LogP contribution in [0.15, 0.2) is 6.33 Å². The van der Waals surface area contributed by atoms with Crippen LogP contribution in [-0.4, -0.2) is 36.3 Å². The smallest absolute Gasteiger partial charge is 0.134 e. The van der Waals surface area contributed by atoms with Gasteiger partial charge in [-0.3, -0.25) is 0 Å². The predicted molar refractivity (Wildman–Crippen MR) is 73.0 cm³/mol. The largest absolute Gasteiger partial charge is 0.381 e. The molecule has 1 aliphatic rings. The first-order valence-electron chi connectivity index (χ1n) is 6.71. The Morgan fingerprint density at radius 2 is 2.00 bits per heavy atom. The maximum Gasteiger partial charge on any atom is 0.134 e. The Balaban J connectivity index is 2.14. The highest BCUT2D eigenvalue weighted by atomic mass is 16.5. The van der Waals surface area contributed by atoms with Crippen LogP contribution in [0.3, 0.4) is 0 Å². The molecule has 0 atom stereocenters. The van der Waals surface area contributed by atoms with Crippen LogP contribution in [0.1, 0.15) is 31.7 Å². The summed E-state index contributed by atoms with van der Waals surface area (Å²) in [5.41, 5.74) is 1.19. The maximum atomic E-state index is 5.37. The molecular weight excluding hydrogens is 228 g/mol. The van der Waals surface area contributed by atoms with Crippen LogP contribution in [0.25, 0.3) is 0 Å². The molecule has 2 rings (SSSR count). The average Bonchev–Trinajstić information content (AvgIpc) is 2.42. The van der Waals surface area contributed by atoms with Gasteiger partial charge in [-0.25, -0.2) is 9.97 Å². The quantitative estimate of drug-likeness (QED) is 0.837. The van der Waals surface area contributed by atoms with E-state index in [9.17, 15) is 0 Å². The van der Waals surface area contributed by atoms with Crippen molar-refractivity contribution in [2.24, 2.45) is 0 Å². The van der Waals surface area contributed by atoms with Crippen molar-refractivity contribution in [3.05, 3.63) is 11.9 Å². The second kappa shape index (κ2) is 6.54. The summed E-state index contributed by atoms with van der Waals surface area (Å²) >= 11 is 0. The number of hydrogen-bond donors (Lipinski definition) is 2. The van der Waals surface area contributed by atoms with E-state index in [1.807, 2.05) is 7.05 Å². The molecular formula is C13H22N4O. The molecule has 100 valence electrons. The van der Waals surface area contributed by atoms with E-state index in [2.05, 4.69) is 27.5 Å². The molecule has 0 bridgehead atoms. The van der Waals surface area contributed by atoms with Crippen molar-refractivity contribution in [2.75, 3.05) is 30.9 Å². The van der Waals surface area contributed by atoms with Gasteiger partial charge in [0.05, 0.1) is 0 Å². The zero-order chi connectivity index (χ0) is 12.8. The monoisotopic (exact) mass is 250 g/mol. The first-order valence-corrected chi connectivity index (χ1v) is 6.71. The number of ether oxygens (including phenoxy) is 1. The number of nitrogens with zero attached hydrogens (tertiary/aromatic N) is 2. The van der Waals surface area contributed by atoms with Crippen LogP contribution in [0.4, 0.5) is 11.6 Å². The molecule has 1 aromatic rings. The van der Waals surface area contributed by atoms with Crippen LogP contribution in [0, 0.1) is 0 Å².